The molecule has 0 aromatic heterocycles. The highest BCUT2D eigenvalue weighted by atomic mass is 32.2. The number of rotatable bonds is 5. The third-order valence-electron chi connectivity index (χ3n) is 3.20. The average molecular weight is 216 g/mol. The van der Waals surface area contributed by atoms with Gasteiger partial charge in [0.25, 0.3) is 0 Å². The lowest BCUT2D eigenvalue weighted by molar-refractivity contribution is 0.272. The number of hydrogen-bond acceptors (Lipinski definition) is 3. The maximum atomic E-state index is 11.6. The maximum absolute atomic E-state index is 11.6. The van der Waals surface area contributed by atoms with E-state index in [1.807, 2.05) is 0 Å². The molecule has 1 heterocycles. The van der Waals surface area contributed by atoms with Crippen LogP contribution in [0.15, 0.2) is 0 Å². The van der Waals surface area contributed by atoms with Crippen molar-refractivity contribution in [2.24, 2.45) is 0 Å². The van der Waals surface area contributed by atoms with Crippen molar-refractivity contribution >= 4 is 10.8 Å². The van der Waals surface area contributed by atoms with E-state index in [1.54, 1.807) is 0 Å². The fourth-order valence-corrected chi connectivity index (χ4v) is 3.39. The summed E-state index contributed by atoms with van der Waals surface area (Å²) in [4.78, 5) is 2.36. The zero-order valence-corrected chi connectivity index (χ0v) is 9.68. The lowest BCUT2D eigenvalue weighted by Gasteiger charge is -2.22. The van der Waals surface area contributed by atoms with Crippen LogP contribution in [0, 0.1) is 0 Å². The van der Waals surface area contributed by atoms with Gasteiger partial charge < -0.3 is 10.2 Å². The smallest absolute Gasteiger partial charge is 0.0365 e. The van der Waals surface area contributed by atoms with Gasteiger partial charge in [0.2, 0.25) is 0 Å². The summed E-state index contributed by atoms with van der Waals surface area (Å²) in [6.07, 6.45) is 3.63. The molecule has 1 aliphatic heterocycles. The Bertz CT molecular complexity index is 212. The Hall–Kier alpha value is 0.0700. The molecule has 82 valence electrons. The zero-order valence-electron chi connectivity index (χ0n) is 8.87. The molecule has 2 rings (SSSR count). The van der Waals surface area contributed by atoms with Gasteiger partial charge in [0, 0.05) is 40.9 Å². The summed E-state index contributed by atoms with van der Waals surface area (Å²) >= 11 is 0. The summed E-state index contributed by atoms with van der Waals surface area (Å²) in [7, 11) is 1.61. The first-order chi connectivity index (χ1) is 6.77. The van der Waals surface area contributed by atoms with E-state index in [1.165, 1.54) is 19.3 Å². The first kappa shape index (κ1) is 10.6. The molecule has 0 radical (unpaired) electrons. The van der Waals surface area contributed by atoms with Gasteiger partial charge in [-0.3, -0.25) is 4.21 Å². The first-order valence-corrected chi connectivity index (χ1v) is 6.93. The van der Waals surface area contributed by atoms with Gasteiger partial charge in [0.15, 0.2) is 0 Å². The van der Waals surface area contributed by atoms with E-state index in [9.17, 15) is 4.21 Å². The molecule has 1 N–H and O–H groups in total. The molecule has 1 saturated heterocycles. The molecular weight excluding hydrogens is 196 g/mol. The summed E-state index contributed by atoms with van der Waals surface area (Å²) in [6.45, 7) is 3.24. The predicted octanol–water partition coefficient (Wildman–Crippen LogP) is 0.191. The zero-order chi connectivity index (χ0) is 9.97. The van der Waals surface area contributed by atoms with Gasteiger partial charge in [-0.2, -0.15) is 0 Å². The van der Waals surface area contributed by atoms with Crippen molar-refractivity contribution in [3.63, 3.8) is 0 Å². The van der Waals surface area contributed by atoms with Crippen LogP contribution in [0.1, 0.15) is 19.3 Å². The quantitative estimate of drug-likeness (QED) is 0.712. The second-order valence-corrected chi connectivity index (χ2v) is 6.25. The SMILES string of the molecule is CN(CCS(=O)C1CC1)C1CCNC1. The molecule has 2 atom stereocenters. The summed E-state index contributed by atoms with van der Waals surface area (Å²) in [5.41, 5.74) is 0. The Kier molecular flexibility index (Phi) is 3.57. The fourth-order valence-electron chi connectivity index (χ4n) is 1.93. The number of hydrogen-bond donors (Lipinski definition) is 1. The molecule has 1 aliphatic carbocycles. The van der Waals surface area contributed by atoms with E-state index >= 15 is 0 Å². The summed E-state index contributed by atoms with van der Waals surface area (Å²) in [5, 5.41) is 3.90. The summed E-state index contributed by atoms with van der Waals surface area (Å²) < 4.78 is 11.6. The van der Waals surface area contributed by atoms with Crippen molar-refractivity contribution in [3.05, 3.63) is 0 Å². The van der Waals surface area contributed by atoms with Crippen molar-refractivity contribution < 1.29 is 4.21 Å². The third-order valence-corrected chi connectivity index (χ3v) is 5.00. The molecule has 4 heteroatoms. The van der Waals surface area contributed by atoms with Crippen molar-refractivity contribution in [2.45, 2.75) is 30.6 Å². The Morgan fingerprint density at radius 1 is 1.43 bits per heavy atom. The highest BCUT2D eigenvalue weighted by molar-refractivity contribution is 7.85. The monoisotopic (exact) mass is 216 g/mol. The van der Waals surface area contributed by atoms with E-state index in [0.29, 0.717) is 11.3 Å². The van der Waals surface area contributed by atoms with Gasteiger partial charge in [0.1, 0.15) is 0 Å². The largest absolute Gasteiger partial charge is 0.315 e. The van der Waals surface area contributed by atoms with Crippen LogP contribution in [0.4, 0.5) is 0 Å². The molecule has 2 aliphatic rings. The van der Waals surface area contributed by atoms with Crippen LogP contribution in [0.3, 0.4) is 0 Å². The Balaban J connectivity index is 1.65. The van der Waals surface area contributed by atoms with E-state index < -0.39 is 10.8 Å². The molecule has 0 spiro atoms. The van der Waals surface area contributed by atoms with Crippen LogP contribution in [0.5, 0.6) is 0 Å². The van der Waals surface area contributed by atoms with Crippen LogP contribution >= 0.6 is 0 Å². The van der Waals surface area contributed by atoms with Gasteiger partial charge in [0.05, 0.1) is 0 Å². The van der Waals surface area contributed by atoms with Gasteiger partial charge in [-0.05, 0) is 32.9 Å². The van der Waals surface area contributed by atoms with Crippen molar-refractivity contribution in [1.82, 2.24) is 10.2 Å². The number of nitrogens with one attached hydrogen (secondary N) is 1. The second kappa shape index (κ2) is 4.73. The molecule has 0 aromatic carbocycles. The topological polar surface area (TPSA) is 32.3 Å². The van der Waals surface area contributed by atoms with E-state index in [4.69, 9.17) is 0 Å². The van der Waals surface area contributed by atoms with Gasteiger partial charge >= 0.3 is 0 Å². The molecule has 0 bridgehead atoms. The molecule has 3 nitrogen and oxygen atoms in total. The molecule has 2 fully saturated rings. The van der Waals surface area contributed by atoms with Gasteiger partial charge in [-0.15, -0.1) is 0 Å². The molecule has 14 heavy (non-hydrogen) atoms. The molecule has 1 saturated carbocycles. The van der Waals surface area contributed by atoms with Crippen LogP contribution in [-0.4, -0.2) is 52.8 Å². The highest BCUT2D eigenvalue weighted by Crippen LogP contribution is 2.26. The minimum atomic E-state index is -0.543. The van der Waals surface area contributed by atoms with E-state index in [0.717, 1.165) is 25.4 Å². The Morgan fingerprint density at radius 3 is 2.79 bits per heavy atom. The lowest BCUT2D eigenvalue weighted by atomic mass is 10.2. The minimum Gasteiger partial charge on any atom is -0.315 e. The van der Waals surface area contributed by atoms with Crippen LogP contribution < -0.4 is 5.32 Å². The van der Waals surface area contributed by atoms with Crippen LogP contribution in [-0.2, 0) is 10.8 Å². The number of likely N-dealkylation sites (N-methyl/N-ethyl adjacent to an activating group) is 1. The second-order valence-electron chi connectivity index (χ2n) is 4.41. The summed E-state index contributed by atoms with van der Waals surface area (Å²) in [5.74, 6) is 0.873. The molecule has 2 unspecified atom stereocenters. The van der Waals surface area contributed by atoms with Gasteiger partial charge in [-0.25, -0.2) is 0 Å². The standard InChI is InChI=1S/C10H20N2OS/c1-12(9-4-5-11-8-9)6-7-14(13)10-2-3-10/h9-11H,2-8H2,1H3. The third kappa shape index (κ3) is 2.78. The van der Waals surface area contributed by atoms with Crippen molar-refractivity contribution in [3.8, 4) is 0 Å². The van der Waals surface area contributed by atoms with Crippen molar-refractivity contribution in [1.29, 1.82) is 0 Å². The lowest BCUT2D eigenvalue weighted by Crippen LogP contribution is -2.36. The summed E-state index contributed by atoms with van der Waals surface area (Å²) in [6, 6.07) is 0.672. The van der Waals surface area contributed by atoms with E-state index in [-0.39, 0.29) is 0 Å². The van der Waals surface area contributed by atoms with Gasteiger partial charge in [-0.1, -0.05) is 0 Å². The predicted molar refractivity (Wildman–Crippen MR) is 59.9 cm³/mol. The van der Waals surface area contributed by atoms with Crippen LogP contribution in [0.2, 0.25) is 0 Å². The first-order valence-electron chi connectivity index (χ1n) is 5.55. The highest BCUT2D eigenvalue weighted by Gasteiger charge is 2.28. The maximum Gasteiger partial charge on any atom is 0.0365 e. The average Bonchev–Trinajstić information content (AvgIpc) is 2.90. The van der Waals surface area contributed by atoms with Crippen molar-refractivity contribution in [2.75, 3.05) is 32.4 Å². The Morgan fingerprint density at radius 2 is 2.21 bits per heavy atom. The number of nitrogens with zero attached hydrogens (tertiary/aromatic N) is 1. The Labute approximate surface area is 88.7 Å². The normalized spacial score (nSPS) is 29.7. The minimum absolute atomic E-state index is 0.543. The molecule has 0 aromatic rings. The molecule has 0 amide bonds. The molecular formula is C10H20N2OS. The van der Waals surface area contributed by atoms with E-state index in [2.05, 4.69) is 17.3 Å². The van der Waals surface area contributed by atoms with Crippen LogP contribution in [0.25, 0.3) is 0 Å². The fraction of sp³-hybridized carbons (Fsp3) is 1.00.